The summed E-state index contributed by atoms with van der Waals surface area (Å²) >= 11 is 0. The molecule has 0 bridgehead atoms. The van der Waals surface area contributed by atoms with Gasteiger partial charge in [-0.25, -0.2) is 4.98 Å². The molecule has 0 fully saturated rings. The van der Waals surface area contributed by atoms with Crippen LogP contribution in [0.2, 0.25) is 0 Å². The van der Waals surface area contributed by atoms with Crippen molar-refractivity contribution < 1.29 is 0 Å². The van der Waals surface area contributed by atoms with E-state index in [-0.39, 0.29) is 0 Å². The zero-order valence-corrected chi connectivity index (χ0v) is 8.14. The van der Waals surface area contributed by atoms with Crippen LogP contribution >= 0.6 is 0 Å². The molecular weight excluding hydrogens is 174 g/mol. The predicted molar refractivity (Wildman–Crippen MR) is 58.8 cm³/mol. The Morgan fingerprint density at radius 2 is 2.36 bits per heavy atom. The highest BCUT2D eigenvalue weighted by atomic mass is 15.0. The second-order valence-electron chi connectivity index (χ2n) is 3.24. The summed E-state index contributed by atoms with van der Waals surface area (Å²) in [4.78, 5) is 4.28. The first kappa shape index (κ1) is 8.97. The standard InChI is InChI=1S/C11H13N3/c1-14-8-13-10-7-9(3-2-6-12)4-5-11(10)14/h2-5,7-8H,6,12H2,1H3/b3-2+. The van der Waals surface area contributed by atoms with Crippen molar-refractivity contribution in [2.45, 2.75) is 0 Å². The maximum Gasteiger partial charge on any atom is 0.0955 e. The van der Waals surface area contributed by atoms with Crippen LogP contribution in [0.15, 0.2) is 30.6 Å². The van der Waals surface area contributed by atoms with Crippen molar-refractivity contribution in [3.63, 3.8) is 0 Å². The molecule has 3 nitrogen and oxygen atoms in total. The second-order valence-corrected chi connectivity index (χ2v) is 3.24. The average molecular weight is 187 g/mol. The van der Waals surface area contributed by atoms with Gasteiger partial charge in [-0.3, -0.25) is 0 Å². The van der Waals surface area contributed by atoms with Crippen molar-refractivity contribution in [1.29, 1.82) is 0 Å². The normalized spacial score (nSPS) is 11.6. The fourth-order valence-electron chi connectivity index (χ4n) is 1.46. The Hall–Kier alpha value is -1.61. The van der Waals surface area contributed by atoms with Crippen LogP contribution in [0.1, 0.15) is 5.56 Å². The summed E-state index contributed by atoms with van der Waals surface area (Å²) in [6.45, 7) is 0.570. The SMILES string of the molecule is Cn1cnc2cc(/C=C/CN)ccc21. The number of imidazole rings is 1. The summed E-state index contributed by atoms with van der Waals surface area (Å²) in [5.74, 6) is 0. The van der Waals surface area contributed by atoms with Crippen LogP contribution in [0.25, 0.3) is 17.1 Å². The Balaban J connectivity index is 2.47. The van der Waals surface area contributed by atoms with Crippen molar-refractivity contribution >= 4 is 17.1 Å². The molecule has 0 aliphatic heterocycles. The van der Waals surface area contributed by atoms with E-state index in [1.54, 1.807) is 0 Å². The van der Waals surface area contributed by atoms with Crippen LogP contribution in [0.4, 0.5) is 0 Å². The van der Waals surface area contributed by atoms with E-state index in [9.17, 15) is 0 Å². The summed E-state index contributed by atoms with van der Waals surface area (Å²) < 4.78 is 2.01. The molecular formula is C11H13N3. The van der Waals surface area contributed by atoms with Crippen LogP contribution in [0, 0.1) is 0 Å². The lowest BCUT2D eigenvalue weighted by atomic mass is 10.2. The van der Waals surface area contributed by atoms with Crippen molar-refractivity contribution in [3.05, 3.63) is 36.2 Å². The van der Waals surface area contributed by atoms with Crippen molar-refractivity contribution in [2.75, 3.05) is 6.54 Å². The Labute approximate surface area is 82.9 Å². The van der Waals surface area contributed by atoms with Gasteiger partial charge in [0.2, 0.25) is 0 Å². The summed E-state index contributed by atoms with van der Waals surface area (Å²) in [6.07, 6.45) is 5.76. The molecule has 0 saturated carbocycles. The zero-order chi connectivity index (χ0) is 9.97. The van der Waals surface area contributed by atoms with Crippen LogP contribution in [-0.4, -0.2) is 16.1 Å². The van der Waals surface area contributed by atoms with Gasteiger partial charge in [-0.1, -0.05) is 18.2 Å². The first-order chi connectivity index (χ1) is 6.81. The third kappa shape index (κ3) is 1.54. The largest absolute Gasteiger partial charge is 0.334 e. The molecule has 3 heteroatoms. The fraction of sp³-hybridized carbons (Fsp3) is 0.182. The third-order valence-corrected chi connectivity index (χ3v) is 2.20. The monoisotopic (exact) mass is 187 g/mol. The Morgan fingerprint density at radius 1 is 1.50 bits per heavy atom. The molecule has 0 unspecified atom stereocenters. The van der Waals surface area contributed by atoms with Gasteiger partial charge in [-0.05, 0) is 17.7 Å². The van der Waals surface area contributed by atoms with Gasteiger partial charge in [0.05, 0.1) is 17.4 Å². The molecule has 2 aromatic rings. The first-order valence-corrected chi connectivity index (χ1v) is 4.59. The van der Waals surface area contributed by atoms with Gasteiger partial charge in [0, 0.05) is 13.6 Å². The maximum atomic E-state index is 5.39. The Bertz CT molecular complexity index is 468. The van der Waals surface area contributed by atoms with Crippen LogP contribution < -0.4 is 5.73 Å². The van der Waals surface area contributed by atoms with Crippen molar-refractivity contribution in [3.8, 4) is 0 Å². The molecule has 0 radical (unpaired) electrons. The molecule has 14 heavy (non-hydrogen) atoms. The van der Waals surface area contributed by atoms with Gasteiger partial charge in [-0.15, -0.1) is 0 Å². The smallest absolute Gasteiger partial charge is 0.0955 e. The highest BCUT2D eigenvalue weighted by Crippen LogP contribution is 2.14. The average Bonchev–Trinajstić information content (AvgIpc) is 2.57. The number of rotatable bonds is 2. The number of aryl methyl sites for hydroxylation is 1. The van der Waals surface area contributed by atoms with Crippen LogP contribution in [0.3, 0.4) is 0 Å². The van der Waals surface area contributed by atoms with Crippen molar-refractivity contribution in [2.24, 2.45) is 12.8 Å². The molecule has 0 atom stereocenters. The lowest BCUT2D eigenvalue weighted by molar-refractivity contribution is 0.947. The van der Waals surface area contributed by atoms with Crippen LogP contribution in [0.5, 0.6) is 0 Å². The van der Waals surface area contributed by atoms with Gasteiger partial charge in [0.1, 0.15) is 0 Å². The quantitative estimate of drug-likeness (QED) is 0.775. The predicted octanol–water partition coefficient (Wildman–Crippen LogP) is 1.55. The fourth-order valence-corrected chi connectivity index (χ4v) is 1.46. The van der Waals surface area contributed by atoms with E-state index < -0.39 is 0 Å². The summed E-state index contributed by atoms with van der Waals surface area (Å²) in [5.41, 5.74) is 8.70. The van der Waals surface area contributed by atoms with E-state index in [2.05, 4.69) is 23.2 Å². The zero-order valence-electron chi connectivity index (χ0n) is 8.14. The van der Waals surface area contributed by atoms with E-state index in [0.717, 1.165) is 16.6 Å². The highest BCUT2D eigenvalue weighted by Gasteiger charge is 1.98. The van der Waals surface area contributed by atoms with Gasteiger partial charge >= 0.3 is 0 Å². The number of benzene rings is 1. The lowest BCUT2D eigenvalue weighted by Crippen LogP contribution is -1.91. The molecule has 2 rings (SSSR count). The minimum Gasteiger partial charge on any atom is -0.334 e. The Kier molecular flexibility index (Phi) is 2.33. The molecule has 0 saturated heterocycles. The summed E-state index contributed by atoms with van der Waals surface area (Å²) in [5, 5.41) is 0. The molecule has 1 aromatic heterocycles. The highest BCUT2D eigenvalue weighted by molar-refractivity contribution is 5.78. The topological polar surface area (TPSA) is 43.8 Å². The third-order valence-electron chi connectivity index (χ3n) is 2.20. The number of aromatic nitrogens is 2. The number of fused-ring (bicyclic) bond motifs is 1. The van der Waals surface area contributed by atoms with E-state index in [0.29, 0.717) is 6.54 Å². The number of nitrogens with zero attached hydrogens (tertiary/aromatic N) is 2. The van der Waals surface area contributed by atoms with E-state index in [4.69, 9.17) is 5.73 Å². The summed E-state index contributed by atoms with van der Waals surface area (Å²) in [6, 6.07) is 6.19. The molecule has 72 valence electrons. The molecule has 0 amide bonds. The number of hydrogen-bond acceptors (Lipinski definition) is 2. The van der Waals surface area contributed by atoms with Crippen LogP contribution in [-0.2, 0) is 7.05 Å². The molecule has 1 heterocycles. The molecule has 0 aliphatic rings. The van der Waals surface area contributed by atoms with Gasteiger partial charge in [0.15, 0.2) is 0 Å². The van der Waals surface area contributed by atoms with E-state index in [1.807, 2.05) is 30.1 Å². The molecule has 0 spiro atoms. The first-order valence-electron chi connectivity index (χ1n) is 4.59. The molecule has 2 N–H and O–H groups in total. The minimum absolute atomic E-state index is 0.570. The molecule has 0 aliphatic carbocycles. The van der Waals surface area contributed by atoms with Gasteiger partial charge in [-0.2, -0.15) is 0 Å². The lowest BCUT2D eigenvalue weighted by Gasteiger charge is -1.95. The number of hydrogen-bond donors (Lipinski definition) is 1. The number of nitrogens with two attached hydrogens (primary N) is 1. The Morgan fingerprint density at radius 3 is 3.14 bits per heavy atom. The van der Waals surface area contributed by atoms with Gasteiger partial charge in [0.25, 0.3) is 0 Å². The van der Waals surface area contributed by atoms with E-state index >= 15 is 0 Å². The van der Waals surface area contributed by atoms with Gasteiger partial charge < -0.3 is 10.3 Å². The second kappa shape index (κ2) is 3.64. The minimum atomic E-state index is 0.570. The maximum absolute atomic E-state index is 5.39. The molecule has 1 aromatic carbocycles. The van der Waals surface area contributed by atoms with E-state index in [1.165, 1.54) is 0 Å². The summed E-state index contributed by atoms with van der Waals surface area (Å²) in [7, 11) is 1.99. The van der Waals surface area contributed by atoms with Crippen molar-refractivity contribution in [1.82, 2.24) is 9.55 Å².